The van der Waals surface area contributed by atoms with Crippen molar-refractivity contribution in [2.45, 2.75) is 45.4 Å². The van der Waals surface area contributed by atoms with Gasteiger partial charge in [-0.25, -0.2) is 0 Å². The summed E-state index contributed by atoms with van der Waals surface area (Å²) in [5.41, 5.74) is 3.23. The quantitative estimate of drug-likeness (QED) is 0.391. The van der Waals surface area contributed by atoms with Crippen LogP contribution in [-0.2, 0) is 4.79 Å². The van der Waals surface area contributed by atoms with E-state index in [9.17, 15) is 10.1 Å². The van der Waals surface area contributed by atoms with Crippen molar-refractivity contribution in [3.05, 3.63) is 87.1 Å². The molecule has 4 nitrogen and oxygen atoms in total. The topological polar surface area (TPSA) is 64.9 Å². The van der Waals surface area contributed by atoms with E-state index in [1.807, 2.05) is 55.5 Å². The van der Waals surface area contributed by atoms with E-state index in [1.54, 1.807) is 17.8 Å². The molecule has 2 N–H and O–H groups in total. The van der Waals surface area contributed by atoms with Crippen molar-refractivity contribution in [2.24, 2.45) is 0 Å². The molecule has 3 rings (SSSR count). The number of anilines is 1. The molecule has 32 heavy (non-hydrogen) atoms. The highest BCUT2D eigenvalue weighted by Crippen LogP contribution is 2.43. The van der Waals surface area contributed by atoms with Crippen LogP contribution in [0.2, 0.25) is 5.02 Å². The highest BCUT2D eigenvalue weighted by atomic mass is 35.5. The second-order valence-corrected chi connectivity index (χ2v) is 9.21. The number of halogens is 1. The lowest BCUT2D eigenvalue weighted by Crippen LogP contribution is -2.30. The molecule has 0 radical (unpaired) electrons. The van der Waals surface area contributed by atoms with Gasteiger partial charge in [-0.15, -0.1) is 11.8 Å². The molecule has 1 amide bonds. The van der Waals surface area contributed by atoms with Gasteiger partial charge in [0.05, 0.1) is 22.6 Å². The Morgan fingerprint density at radius 3 is 2.53 bits per heavy atom. The summed E-state index contributed by atoms with van der Waals surface area (Å²) < 4.78 is 0. The van der Waals surface area contributed by atoms with Crippen molar-refractivity contribution in [2.75, 3.05) is 11.1 Å². The predicted molar refractivity (Wildman–Crippen MR) is 134 cm³/mol. The van der Waals surface area contributed by atoms with Crippen molar-refractivity contribution in [3.8, 4) is 6.07 Å². The average molecular weight is 466 g/mol. The third kappa shape index (κ3) is 5.76. The summed E-state index contributed by atoms with van der Waals surface area (Å²) >= 11 is 8.20. The molecule has 0 saturated heterocycles. The summed E-state index contributed by atoms with van der Waals surface area (Å²) in [6.45, 7) is 4.08. The van der Waals surface area contributed by atoms with Gasteiger partial charge in [-0.05, 0) is 42.9 Å². The summed E-state index contributed by atoms with van der Waals surface area (Å²) in [6.07, 6.45) is 4.66. The van der Waals surface area contributed by atoms with Crippen LogP contribution in [0.25, 0.3) is 0 Å². The Morgan fingerprint density at radius 2 is 1.84 bits per heavy atom. The number of nitriles is 1. The van der Waals surface area contributed by atoms with Crippen LogP contribution < -0.4 is 10.6 Å². The Hall–Kier alpha value is -2.68. The Morgan fingerprint density at radius 1 is 1.12 bits per heavy atom. The van der Waals surface area contributed by atoms with Crippen LogP contribution in [0.4, 0.5) is 5.69 Å². The maximum atomic E-state index is 13.4. The largest absolute Gasteiger partial charge is 0.353 e. The van der Waals surface area contributed by atoms with Gasteiger partial charge in [-0.2, -0.15) is 5.26 Å². The van der Waals surface area contributed by atoms with Crippen LogP contribution in [0.5, 0.6) is 0 Å². The van der Waals surface area contributed by atoms with Gasteiger partial charge >= 0.3 is 0 Å². The van der Waals surface area contributed by atoms with Crippen molar-refractivity contribution in [1.29, 1.82) is 5.26 Å². The number of allylic oxidation sites excluding steroid dienone is 2. The summed E-state index contributed by atoms with van der Waals surface area (Å²) in [5.74, 6) is 0.143. The molecule has 0 spiro atoms. The molecule has 0 fully saturated rings. The Bertz CT molecular complexity index is 1060. The molecule has 2 aromatic carbocycles. The third-order valence-electron chi connectivity index (χ3n) is 5.38. The number of amides is 1. The zero-order valence-electron chi connectivity index (χ0n) is 18.5. The monoisotopic (exact) mass is 465 g/mol. The smallest absolute Gasteiger partial charge is 0.254 e. The summed E-state index contributed by atoms with van der Waals surface area (Å²) in [4.78, 5) is 13.4. The maximum Gasteiger partial charge on any atom is 0.254 e. The Balaban J connectivity index is 1.97. The van der Waals surface area contributed by atoms with Crippen LogP contribution in [0.3, 0.4) is 0 Å². The Kier molecular flexibility index (Phi) is 8.84. The molecule has 1 aliphatic heterocycles. The first-order valence-corrected chi connectivity index (χ1v) is 12.3. The number of unbranched alkanes of at least 4 members (excludes halogenated alkanes) is 3. The van der Waals surface area contributed by atoms with Crippen LogP contribution >= 0.6 is 23.4 Å². The minimum atomic E-state index is -0.531. The number of thioether (sulfide) groups is 1. The molecular weight excluding hydrogens is 438 g/mol. The van der Waals surface area contributed by atoms with E-state index in [-0.39, 0.29) is 5.91 Å². The van der Waals surface area contributed by atoms with Gasteiger partial charge in [-0.1, -0.05) is 74.2 Å². The number of nitrogens with zero attached hydrogens (tertiary/aromatic N) is 1. The van der Waals surface area contributed by atoms with Gasteiger partial charge in [0.2, 0.25) is 0 Å². The fraction of sp³-hybridized carbons (Fsp3) is 0.308. The van der Waals surface area contributed by atoms with E-state index in [1.165, 1.54) is 19.3 Å². The lowest BCUT2D eigenvalue weighted by atomic mass is 9.82. The first-order chi connectivity index (χ1) is 15.6. The number of para-hydroxylation sites is 1. The number of carbonyl (C=O) groups excluding carboxylic acids is 1. The maximum absolute atomic E-state index is 13.4. The van der Waals surface area contributed by atoms with Crippen molar-refractivity contribution < 1.29 is 4.79 Å². The van der Waals surface area contributed by atoms with E-state index in [4.69, 9.17) is 11.6 Å². The van der Waals surface area contributed by atoms with E-state index in [0.29, 0.717) is 21.9 Å². The highest BCUT2D eigenvalue weighted by molar-refractivity contribution is 8.03. The second kappa shape index (κ2) is 11.8. The lowest BCUT2D eigenvalue weighted by Gasteiger charge is -2.30. The fourth-order valence-electron chi connectivity index (χ4n) is 3.77. The SMILES string of the molecule is CCCCCCSC1=C(C#N)[C@H](c2ccccc2Cl)C(C(=O)Nc2ccccc2)=C(C)N1. The van der Waals surface area contributed by atoms with Gasteiger partial charge in [0.25, 0.3) is 5.91 Å². The van der Waals surface area contributed by atoms with Crippen molar-refractivity contribution in [3.63, 3.8) is 0 Å². The molecule has 0 bridgehead atoms. The molecule has 1 atom stereocenters. The zero-order valence-corrected chi connectivity index (χ0v) is 20.0. The summed E-state index contributed by atoms with van der Waals surface area (Å²) in [5, 5.41) is 17.8. The number of rotatable bonds is 9. The molecule has 0 aromatic heterocycles. The first-order valence-electron chi connectivity index (χ1n) is 10.9. The van der Waals surface area contributed by atoms with E-state index in [0.717, 1.165) is 28.5 Å². The summed E-state index contributed by atoms with van der Waals surface area (Å²) in [7, 11) is 0. The van der Waals surface area contributed by atoms with Gasteiger partial charge in [0, 0.05) is 22.0 Å². The van der Waals surface area contributed by atoms with E-state index in [2.05, 4.69) is 23.6 Å². The molecular formula is C26H28ClN3OS. The van der Waals surface area contributed by atoms with Gasteiger partial charge in [0.15, 0.2) is 0 Å². The fourth-order valence-corrected chi connectivity index (χ4v) is 5.11. The molecule has 2 aromatic rings. The van der Waals surface area contributed by atoms with Crippen LogP contribution in [0.1, 0.15) is 51.0 Å². The summed E-state index contributed by atoms with van der Waals surface area (Å²) in [6, 6.07) is 19.1. The molecule has 1 aliphatic rings. The number of hydrogen-bond acceptors (Lipinski definition) is 4. The molecule has 0 saturated carbocycles. The van der Waals surface area contributed by atoms with Gasteiger partial charge < -0.3 is 10.6 Å². The van der Waals surface area contributed by atoms with Crippen LogP contribution in [0, 0.1) is 11.3 Å². The molecule has 0 unspecified atom stereocenters. The van der Waals surface area contributed by atoms with Gasteiger partial charge in [-0.3, -0.25) is 4.79 Å². The average Bonchev–Trinajstić information content (AvgIpc) is 2.79. The molecule has 0 aliphatic carbocycles. The number of nitrogens with one attached hydrogen (secondary N) is 2. The molecule has 6 heteroatoms. The van der Waals surface area contributed by atoms with E-state index >= 15 is 0 Å². The minimum absolute atomic E-state index is 0.245. The number of hydrogen-bond donors (Lipinski definition) is 2. The molecule has 166 valence electrons. The second-order valence-electron chi connectivity index (χ2n) is 7.70. The minimum Gasteiger partial charge on any atom is -0.353 e. The standard InChI is InChI=1S/C26H28ClN3OS/c1-3-4-5-11-16-32-26-21(17-28)24(20-14-9-10-15-22(20)27)23(18(2)29-26)25(31)30-19-12-7-6-8-13-19/h6-10,12-15,24,29H,3-5,11,16H2,1-2H3,(H,30,31)/t24-/m0/s1. The predicted octanol–water partition coefficient (Wildman–Crippen LogP) is 6.99. The first kappa shape index (κ1) is 24.0. The normalized spacial score (nSPS) is 15.9. The third-order valence-corrected chi connectivity index (χ3v) is 6.83. The lowest BCUT2D eigenvalue weighted by molar-refractivity contribution is -0.113. The van der Waals surface area contributed by atoms with Crippen molar-refractivity contribution >= 4 is 35.0 Å². The van der Waals surface area contributed by atoms with Crippen LogP contribution in [-0.4, -0.2) is 11.7 Å². The number of carbonyl (C=O) groups is 1. The molecule has 1 heterocycles. The Labute approximate surface area is 199 Å². The zero-order chi connectivity index (χ0) is 22.9. The number of benzene rings is 2. The van der Waals surface area contributed by atoms with Crippen molar-refractivity contribution in [1.82, 2.24) is 5.32 Å². The number of dihydropyridines is 1. The van der Waals surface area contributed by atoms with Gasteiger partial charge in [0.1, 0.15) is 0 Å². The highest BCUT2D eigenvalue weighted by Gasteiger charge is 2.35. The van der Waals surface area contributed by atoms with E-state index < -0.39 is 5.92 Å². The van der Waals surface area contributed by atoms with Crippen LogP contribution in [0.15, 0.2) is 76.5 Å².